The highest BCUT2D eigenvalue weighted by molar-refractivity contribution is 5.69. The second-order valence-electron chi connectivity index (χ2n) is 7.31. The van der Waals surface area contributed by atoms with Crippen molar-refractivity contribution in [2.24, 2.45) is 0 Å². The summed E-state index contributed by atoms with van der Waals surface area (Å²) in [5, 5.41) is 10.5. The molecule has 0 aliphatic carbocycles. The highest BCUT2D eigenvalue weighted by Crippen LogP contribution is 2.29. The molecule has 3 heterocycles. The largest absolute Gasteiger partial charge is 0.573 e. The van der Waals surface area contributed by atoms with Crippen LogP contribution in [0.4, 0.5) is 18.9 Å². The third kappa shape index (κ3) is 6.67. The zero-order chi connectivity index (χ0) is 23.8. The van der Waals surface area contributed by atoms with Crippen LogP contribution in [0.5, 0.6) is 11.6 Å². The van der Waals surface area contributed by atoms with Crippen molar-refractivity contribution >= 4 is 11.3 Å². The van der Waals surface area contributed by atoms with E-state index in [1.165, 1.54) is 19.2 Å². The second-order valence-corrected chi connectivity index (χ2v) is 7.31. The predicted molar refractivity (Wildman–Crippen MR) is 117 cm³/mol. The van der Waals surface area contributed by atoms with Crippen molar-refractivity contribution in [3.05, 3.63) is 60.2 Å². The molecule has 1 aromatic carbocycles. The zero-order valence-electron chi connectivity index (χ0n) is 18.5. The molecule has 0 atom stereocenters. The molecule has 0 bridgehead atoms. The van der Waals surface area contributed by atoms with Gasteiger partial charge in [0.1, 0.15) is 12.4 Å². The first kappa shape index (κ1) is 24.0. The molecule has 178 valence electrons. The predicted octanol–water partition coefficient (Wildman–Crippen LogP) is 4.45. The van der Waals surface area contributed by atoms with Crippen molar-refractivity contribution in [3.8, 4) is 11.6 Å². The van der Waals surface area contributed by atoms with Gasteiger partial charge in [-0.15, -0.1) is 18.3 Å². The summed E-state index contributed by atoms with van der Waals surface area (Å²) in [6.07, 6.45) is 0.420. The van der Waals surface area contributed by atoms with Crippen molar-refractivity contribution in [2.75, 3.05) is 25.6 Å². The van der Waals surface area contributed by atoms with Gasteiger partial charge in [-0.05, 0) is 12.0 Å². The summed E-state index contributed by atoms with van der Waals surface area (Å²) in [7, 11) is 1.50. The van der Waals surface area contributed by atoms with Crippen LogP contribution in [0.1, 0.15) is 31.0 Å². The fraction of sp³-hybridized carbons (Fsp3) is 0.364. The number of hydrogen-bond acceptors (Lipinski definition) is 7. The van der Waals surface area contributed by atoms with E-state index in [2.05, 4.69) is 25.5 Å². The molecule has 33 heavy (non-hydrogen) atoms. The van der Waals surface area contributed by atoms with Gasteiger partial charge in [0.05, 0.1) is 31.0 Å². The number of anilines is 1. The van der Waals surface area contributed by atoms with Gasteiger partial charge in [-0.3, -0.25) is 0 Å². The summed E-state index contributed by atoms with van der Waals surface area (Å²) in [5.74, 6) is 0.304. The summed E-state index contributed by atoms with van der Waals surface area (Å²) >= 11 is 0. The number of halogens is 3. The van der Waals surface area contributed by atoms with Gasteiger partial charge in [0, 0.05) is 30.9 Å². The van der Waals surface area contributed by atoms with Gasteiger partial charge in [0.15, 0.2) is 5.65 Å². The van der Waals surface area contributed by atoms with Crippen LogP contribution in [0, 0.1) is 0 Å². The average Bonchev–Trinajstić information content (AvgIpc) is 3.23. The molecule has 1 aliphatic rings. The zero-order valence-corrected chi connectivity index (χ0v) is 18.5. The Morgan fingerprint density at radius 2 is 2.06 bits per heavy atom. The number of nitrogens with one attached hydrogen (secondary N) is 2. The summed E-state index contributed by atoms with van der Waals surface area (Å²) in [4.78, 5) is 4.38. The minimum atomic E-state index is -4.75. The smallest absolute Gasteiger partial charge is 0.498 e. The van der Waals surface area contributed by atoms with Crippen molar-refractivity contribution in [3.63, 3.8) is 0 Å². The number of imidazole rings is 1. The van der Waals surface area contributed by atoms with E-state index < -0.39 is 6.36 Å². The van der Waals surface area contributed by atoms with Crippen molar-refractivity contribution < 1.29 is 27.4 Å². The van der Waals surface area contributed by atoms with Crippen LogP contribution in [0.25, 0.3) is 5.65 Å². The number of ether oxygens (including phenoxy) is 3. The molecule has 0 radical (unpaired) electrons. The van der Waals surface area contributed by atoms with Crippen LogP contribution >= 0.6 is 0 Å². The lowest BCUT2D eigenvalue weighted by Crippen LogP contribution is -2.18. The number of nitrogens with zero attached hydrogens (tertiary/aromatic N) is 3. The topological polar surface area (TPSA) is 81.9 Å². The highest BCUT2D eigenvalue weighted by atomic mass is 19.4. The molecule has 3 aromatic rings. The summed E-state index contributed by atoms with van der Waals surface area (Å²) in [5.41, 5.74) is 2.41. The van der Waals surface area contributed by atoms with E-state index in [1.54, 1.807) is 41.4 Å². The first-order chi connectivity index (χ1) is 15.8. The molecule has 0 unspecified atom stereocenters. The van der Waals surface area contributed by atoms with Gasteiger partial charge in [0.2, 0.25) is 5.88 Å². The van der Waals surface area contributed by atoms with E-state index in [1.807, 2.05) is 13.8 Å². The number of alkyl halides is 3. The quantitative estimate of drug-likeness (QED) is 0.557. The molecule has 8 nitrogen and oxygen atoms in total. The minimum Gasteiger partial charge on any atom is -0.498 e. The third-order valence-electron chi connectivity index (χ3n) is 4.59. The first-order valence-corrected chi connectivity index (χ1v) is 10.3. The standard InChI is InChI=1S/C18H19F3N4O2.C4H7NO/c1-11(2)14-10-23-17-13(8-16(26-3)24-25(14)17)22-9-12-6-4-5-7-15(12)27-18(19,20)21;1-3-6-4-2-5-1/h4-8,10-11,22H,9H2,1-3H3;1,3,5H,2,4H2. The number of para-hydroxylation sites is 1. The Morgan fingerprint density at radius 1 is 1.27 bits per heavy atom. The van der Waals surface area contributed by atoms with Gasteiger partial charge >= 0.3 is 6.36 Å². The van der Waals surface area contributed by atoms with Gasteiger partial charge in [-0.1, -0.05) is 32.0 Å². The first-order valence-electron chi connectivity index (χ1n) is 10.3. The Labute approximate surface area is 189 Å². The number of rotatable bonds is 6. The highest BCUT2D eigenvalue weighted by Gasteiger charge is 2.32. The van der Waals surface area contributed by atoms with Crippen LogP contribution in [-0.4, -0.2) is 41.2 Å². The van der Waals surface area contributed by atoms with Gasteiger partial charge in [0.25, 0.3) is 0 Å². The number of aromatic nitrogens is 3. The summed E-state index contributed by atoms with van der Waals surface area (Å²) in [6.45, 7) is 5.89. The van der Waals surface area contributed by atoms with E-state index in [9.17, 15) is 13.2 Å². The third-order valence-corrected chi connectivity index (χ3v) is 4.59. The van der Waals surface area contributed by atoms with Crippen molar-refractivity contribution in [1.29, 1.82) is 0 Å². The molecule has 1 aliphatic heterocycles. The monoisotopic (exact) mass is 465 g/mol. The molecule has 4 rings (SSSR count). The summed E-state index contributed by atoms with van der Waals surface area (Å²) in [6, 6.07) is 7.63. The Balaban J connectivity index is 0.000000442. The average molecular weight is 465 g/mol. The van der Waals surface area contributed by atoms with E-state index in [0.29, 0.717) is 22.8 Å². The fourth-order valence-corrected chi connectivity index (χ4v) is 3.02. The normalized spacial score (nSPS) is 13.1. The Morgan fingerprint density at radius 3 is 2.64 bits per heavy atom. The van der Waals surface area contributed by atoms with Crippen LogP contribution in [0.15, 0.2) is 49.0 Å². The van der Waals surface area contributed by atoms with Gasteiger partial charge in [-0.2, -0.15) is 0 Å². The van der Waals surface area contributed by atoms with Gasteiger partial charge < -0.3 is 24.8 Å². The summed E-state index contributed by atoms with van der Waals surface area (Å²) < 4.78 is 53.6. The van der Waals surface area contributed by atoms with Crippen LogP contribution in [0.2, 0.25) is 0 Å². The lowest BCUT2D eigenvalue weighted by atomic mass is 10.1. The Bertz CT molecular complexity index is 1070. The maximum atomic E-state index is 12.6. The van der Waals surface area contributed by atoms with Crippen molar-refractivity contribution in [2.45, 2.75) is 32.7 Å². The van der Waals surface area contributed by atoms with E-state index in [0.717, 1.165) is 18.8 Å². The maximum absolute atomic E-state index is 12.6. The van der Waals surface area contributed by atoms with Crippen LogP contribution < -0.4 is 20.1 Å². The Hall–Kier alpha value is -3.63. The lowest BCUT2D eigenvalue weighted by molar-refractivity contribution is -0.274. The SMILES string of the molecule is C1=COCCN1.COc1cc(NCc2ccccc2OC(F)(F)F)c2ncc(C(C)C)n2n1. The van der Waals surface area contributed by atoms with Gasteiger partial charge in [-0.25, -0.2) is 9.50 Å². The minimum absolute atomic E-state index is 0.110. The Kier molecular flexibility index (Phi) is 7.86. The van der Waals surface area contributed by atoms with Crippen LogP contribution in [0.3, 0.4) is 0 Å². The van der Waals surface area contributed by atoms with Crippen molar-refractivity contribution in [1.82, 2.24) is 19.9 Å². The molecule has 11 heteroatoms. The second kappa shape index (κ2) is 10.8. The van der Waals surface area contributed by atoms with E-state index in [4.69, 9.17) is 9.47 Å². The molecule has 0 amide bonds. The number of hydrogen-bond donors (Lipinski definition) is 2. The maximum Gasteiger partial charge on any atom is 0.573 e. The van der Waals surface area contributed by atoms with E-state index >= 15 is 0 Å². The number of benzene rings is 1. The fourth-order valence-electron chi connectivity index (χ4n) is 3.02. The molecule has 0 fully saturated rings. The van der Waals surface area contributed by atoms with Crippen LogP contribution in [-0.2, 0) is 11.3 Å². The van der Waals surface area contributed by atoms with E-state index in [-0.39, 0.29) is 18.2 Å². The number of methoxy groups -OCH3 is 1. The molecule has 0 spiro atoms. The molecular weight excluding hydrogens is 439 g/mol. The molecule has 0 saturated heterocycles. The number of fused-ring (bicyclic) bond motifs is 1. The lowest BCUT2D eigenvalue weighted by Gasteiger charge is -2.15. The molecule has 2 aromatic heterocycles. The molecule has 2 N–H and O–H groups in total. The molecule has 0 saturated carbocycles. The molecular formula is C22H26F3N5O3.